The highest BCUT2D eigenvalue weighted by molar-refractivity contribution is 5.88. The van der Waals surface area contributed by atoms with Gasteiger partial charge in [0.1, 0.15) is 5.54 Å². The van der Waals surface area contributed by atoms with Crippen LogP contribution in [0.1, 0.15) is 41.0 Å². The van der Waals surface area contributed by atoms with Crippen LogP contribution in [-0.4, -0.2) is 22.6 Å². The number of carboxylic acids is 1. The predicted octanol–water partition coefficient (Wildman–Crippen LogP) is 1.64. The minimum atomic E-state index is -1.30. The lowest BCUT2D eigenvalue weighted by Crippen LogP contribution is -2.47. The Labute approximate surface area is 95.4 Å². The van der Waals surface area contributed by atoms with Crippen LogP contribution in [0.5, 0.6) is 0 Å². The zero-order valence-electron chi connectivity index (χ0n) is 10.4. The molecule has 0 aromatic rings. The maximum atomic E-state index is 11.5. The number of carbonyl (C=O) groups is 2. The summed E-state index contributed by atoms with van der Waals surface area (Å²) in [5.41, 5.74) is 2.35. The van der Waals surface area contributed by atoms with Crippen molar-refractivity contribution in [2.45, 2.75) is 46.6 Å². The van der Waals surface area contributed by atoms with E-state index in [1.54, 1.807) is 6.92 Å². The third-order valence-electron chi connectivity index (χ3n) is 2.41. The van der Waals surface area contributed by atoms with Crippen LogP contribution in [0.15, 0.2) is 11.1 Å². The summed E-state index contributed by atoms with van der Waals surface area (Å²) in [5.74, 6) is -1.64. The van der Waals surface area contributed by atoms with Gasteiger partial charge in [0, 0.05) is 5.57 Å². The number of aliphatic carboxylic acids is 1. The van der Waals surface area contributed by atoms with Crippen molar-refractivity contribution in [3.63, 3.8) is 0 Å². The SMILES string of the molecule is CCC(C)=C(C)C(=O)ONC(C)(C)C(=O)O. The van der Waals surface area contributed by atoms with Crippen molar-refractivity contribution in [3.8, 4) is 0 Å². The Morgan fingerprint density at radius 3 is 2.19 bits per heavy atom. The summed E-state index contributed by atoms with van der Waals surface area (Å²) in [6.45, 7) is 8.24. The highest BCUT2D eigenvalue weighted by Crippen LogP contribution is 2.09. The van der Waals surface area contributed by atoms with Crippen LogP contribution in [0.2, 0.25) is 0 Å². The molecule has 0 rings (SSSR count). The van der Waals surface area contributed by atoms with Crippen LogP contribution >= 0.6 is 0 Å². The molecule has 0 radical (unpaired) electrons. The molecule has 0 aliphatic rings. The number of carbonyl (C=O) groups excluding carboxylic acids is 1. The Kier molecular flexibility index (Phi) is 5.17. The molecule has 0 aliphatic carbocycles. The van der Waals surface area contributed by atoms with E-state index in [1.165, 1.54) is 13.8 Å². The van der Waals surface area contributed by atoms with Gasteiger partial charge in [0.2, 0.25) is 0 Å². The highest BCUT2D eigenvalue weighted by atomic mass is 16.7. The third kappa shape index (κ3) is 4.02. The molecule has 2 N–H and O–H groups in total. The van der Waals surface area contributed by atoms with Crippen LogP contribution < -0.4 is 5.48 Å². The average Bonchev–Trinajstić information content (AvgIpc) is 2.23. The second-order valence-electron chi connectivity index (χ2n) is 4.18. The second-order valence-corrected chi connectivity index (χ2v) is 4.18. The molecule has 0 aliphatic heterocycles. The lowest BCUT2D eigenvalue weighted by atomic mass is 10.1. The van der Waals surface area contributed by atoms with Crippen molar-refractivity contribution in [3.05, 3.63) is 11.1 Å². The topological polar surface area (TPSA) is 75.6 Å². The van der Waals surface area contributed by atoms with E-state index in [4.69, 9.17) is 9.94 Å². The summed E-state index contributed by atoms with van der Waals surface area (Å²) in [7, 11) is 0. The Hall–Kier alpha value is -1.36. The molecule has 0 aromatic heterocycles. The largest absolute Gasteiger partial charge is 0.480 e. The fraction of sp³-hybridized carbons (Fsp3) is 0.636. The summed E-state index contributed by atoms with van der Waals surface area (Å²) >= 11 is 0. The fourth-order valence-corrected chi connectivity index (χ4v) is 0.734. The van der Waals surface area contributed by atoms with E-state index in [9.17, 15) is 9.59 Å². The molecule has 0 spiro atoms. The van der Waals surface area contributed by atoms with Crippen molar-refractivity contribution >= 4 is 11.9 Å². The van der Waals surface area contributed by atoms with Crippen molar-refractivity contribution in [2.75, 3.05) is 0 Å². The maximum Gasteiger partial charge on any atom is 0.352 e. The van der Waals surface area contributed by atoms with Gasteiger partial charge < -0.3 is 9.94 Å². The third-order valence-corrected chi connectivity index (χ3v) is 2.41. The Morgan fingerprint density at radius 1 is 1.31 bits per heavy atom. The summed E-state index contributed by atoms with van der Waals surface area (Å²) in [5, 5.41) is 8.78. The van der Waals surface area contributed by atoms with E-state index in [2.05, 4.69) is 5.48 Å². The molecule has 0 unspecified atom stereocenters. The lowest BCUT2D eigenvalue weighted by Gasteiger charge is -2.20. The van der Waals surface area contributed by atoms with E-state index in [1.807, 2.05) is 13.8 Å². The first-order valence-corrected chi connectivity index (χ1v) is 5.10. The molecule has 0 bridgehead atoms. The van der Waals surface area contributed by atoms with Gasteiger partial charge in [-0.3, -0.25) is 4.79 Å². The molecule has 92 valence electrons. The van der Waals surface area contributed by atoms with Gasteiger partial charge in [0.25, 0.3) is 0 Å². The van der Waals surface area contributed by atoms with Gasteiger partial charge in [-0.2, -0.15) is 0 Å². The lowest BCUT2D eigenvalue weighted by molar-refractivity contribution is -0.160. The van der Waals surface area contributed by atoms with Crippen LogP contribution in [0.3, 0.4) is 0 Å². The standard InChI is InChI=1S/C11H19NO4/c1-6-7(2)8(3)9(13)16-12-11(4,5)10(14)15/h12H,6H2,1-5H3,(H,14,15). The van der Waals surface area contributed by atoms with Gasteiger partial charge in [-0.25, -0.2) is 4.79 Å². The van der Waals surface area contributed by atoms with Gasteiger partial charge >= 0.3 is 11.9 Å². The monoisotopic (exact) mass is 229 g/mol. The first-order valence-electron chi connectivity index (χ1n) is 5.10. The quantitative estimate of drug-likeness (QED) is 0.553. The molecule has 0 fully saturated rings. The van der Waals surface area contributed by atoms with Crippen molar-refractivity contribution in [1.29, 1.82) is 0 Å². The molecule has 0 saturated carbocycles. The van der Waals surface area contributed by atoms with Crippen LogP contribution in [0, 0.1) is 0 Å². The average molecular weight is 229 g/mol. The molecular weight excluding hydrogens is 210 g/mol. The second kappa shape index (κ2) is 5.65. The number of nitrogens with one attached hydrogen (secondary N) is 1. The zero-order chi connectivity index (χ0) is 12.9. The smallest absolute Gasteiger partial charge is 0.352 e. The van der Waals surface area contributed by atoms with Crippen LogP contribution in [-0.2, 0) is 14.4 Å². The minimum Gasteiger partial charge on any atom is -0.480 e. The van der Waals surface area contributed by atoms with Crippen LogP contribution in [0.4, 0.5) is 0 Å². The molecule has 5 nitrogen and oxygen atoms in total. The van der Waals surface area contributed by atoms with E-state index >= 15 is 0 Å². The fourth-order valence-electron chi connectivity index (χ4n) is 0.734. The number of carboxylic acid groups (broad SMARTS) is 1. The Morgan fingerprint density at radius 2 is 1.81 bits per heavy atom. The first kappa shape index (κ1) is 14.6. The maximum absolute atomic E-state index is 11.5. The molecule has 0 aromatic carbocycles. The molecule has 0 heterocycles. The summed E-state index contributed by atoms with van der Waals surface area (Å²) in [6, 6.07) is 0. The van der Waals surface area contributed by atoms with Crippen molar-refractivity contribution in [2.24, 2.45) is 0 Å². The molecular formula is C11H19NO4. The van der Waals surface area contributed by atoms with E-state index < -0.39 is 17.5 Å². The molecule has 5 heteroatoms. The number of hydroxylamine groups is 1. The number of allylic oxidation sites excluding steroid dienone is 1. The summed E-state index contributed by atoms with van der Waals surface area (Å²) in [6.07, 6.45) is 0.753. The number of hydrogen-bond donors (Lipinski definition) is 2. The summed E-state index contributed by atoms with van der Waals surface area (Å²) < 4.78 is 0. The van der Waals surface area contributed by atoms with Gasteiger partial charge in [0.15, 0.2) is 0 Å². The highest BCUT2D eigenvalue weighted by Gasteiger charge is 2.28. The molecule has 0 atom stereocenters. The molecule has 16 heavy (non-hydrogen) atoms. The zero-order valence-corrected chi connectivity index (χ0v) is 10.4. The van der Waals surface area contributed by atoms with E-state index in [-0.39, 0.29) is 0 Å². The Balaban J connectivity index is 4.45. The molecule has 0 saturated heterocycles. The molecule has 0 amide bonds. The normalized spacial score (nSPS) is 13.1. The first-order chi connectivity index (χ1) is 7.22. The van der Waals surface area contributed by atoms with Crippen LogP contribution in [0.25, 0.3) is 0 Å². The number of hydrogen-bond acceptors (Lipinski definition) is 4. The van der Waals surface area contributed by atoms with Crippen molar-refractivity contribution < 1.29 is 19.5 Å². The van der Waals surface area contributed by atoms with Gasteiger partial charge in [-0.1, -0.05) is 12.5 Å². The van der Waals surface area contributed by atoms with Gasteiger partial charge in [-0.15, -0.1) is 5.48 Å². The summed E-state index contributed by atoms with van der Waals surface area (Å²) in [4.78, 5) is 26.9. The van der Waals surface area contributed by atoms with E-state index in [0.29, 0.717) is 5.57 Å². The number of rotatable bonds is 5. The van der Waals surface area contributed by atoms with E-state index in [0.717, 1.165) is 12.0 Å². The van der Waals surface area contributed by atoms with Gasteiger partial charge in [-0.05, 0) is 34.1 Å². The van der Waals surface area contributed by atoms with Gasteiger partial charge in [0.05, 0.1) is 0 Å². The van der Waals surface area contributed by atoms with Crippen molar-refractivity contribution in [1.82, 2.24) is 5.48 Å². The Bertz CT molecular complexity index is 318. The minimum absolute atomic E-state index is 0.496. The predicted molar refractivity (Wildman–Crippen MR) is 59.6 cm³/mol.